The zero-order valence-electron chi connectivity index (χ0n) is 18.7. The third-order valence-electron chi connectivity index (χ3n) is 5.81. The van der Waals surface area contributed by atoms with Gasteiger partial charge in [0, 0.05) is 5.56 Å². The van der Waals surface area contributed by atoms with Gasteiger partial charge in [0.2, 0.25) is 0 Å². The molecule has 3 aromatic carbocycles. The van der Waals surface area contributed by atoms with Gasteiger partial charge >= 0.3 is 12.4 Å². The Hall–Kier alpha value is -2.85. The van der Waals surface area contributed by atoms with Crippen molar-refractivity contribution in [2.75, 3.05) is 0 Å². The van der Waals surface area contributed by atoms with E-state index in [0.717, 1.165) is 12.1 Å². The summed E-state index contributed by atoms with van der Waals surface area (Å²) in [4.78, 5) is -0.0276. The molecule has 0 unspecified atom stereocenters. The molecule has 0 amide bonds. The zero-order chi connectivity index (χ0) is 26.1. The molecule has 35 heavy (non-hydrogen) atoms. The van der Waals surface area contributed by atoms with Gasteiger partial charge in [-0.3, -0.25) is 0 Å². The van der Waals surface area contributed by atoms with E-state index >= 15 is 0 Å². The fourth-order valence-electron chi connectivity index (χ4n) is 3.66. The van der Waals surface area contributed by atoms with Crippen LogP contribution in [0.15, 0.2) is 89.8 Å². The second kappa shape index (κ2) is 9.31. The van der Waals surface area contributed by atoms with Gasteiger partial charge in [0.25, 0.3) is 5.60 Å². The second-order valence-corrected chi connectivity index (χ2v) is 10.9. The molecule has 0 bridgehead atoms. The van der Waals surface area contributed by atoms with Crippen molar-refractivity contribution < 1.29 is 39.5 Å². The van der Waals surface area contributed by atoms with Crippen LogP contribution in [0.4, 0.5) is 26.3 Å². The molecule has 0 saturated carbocycles. The van der Waals surface area contributed by atoms with Gasteiger partial charge < -0.3 is 4.74 Å². The molecule has 3 aromatic rings. The van der Waals surface area contributed by atoms with Crippen LogP contribution < -0.4 is 0 Å². The minimum atomic E-state index is -5.85. The molecule has 0 fully saturated rings. The highest BCUT2D eigenvalue weighted by atomic mass is 32.2. The Morgan fingerprint density at radius 3 is 1.54 bits per heavy atom. The number of ether oxygens (including phenoxy) is 1. The maximum atomic E-state index is 14.1. The van der Waals surface area contributed by atoms with Gasteiger partial charge in [0.1, 0.15) is 0 Å². The van der Waals surface area contributed by atoms with E-state index in [2.05, 4.69) is 4.74 Å². The number of benzene rings is 3. The van der Waals surface area contributed by atoms with Crippen LogP contribution in [0.2, 0.25) is 0 Å². The molecule has 0 N–H and O–H groups in total. The molecule has 10 heteroatoms. The monoisotopic (exact) mass is 516 g/mol. The largest absolute Gasteiger partial charge is 0.430 e. The van der Waals surface area contributed by atoms with Crippen LogP contribution in [-0.4, -0.2) is 20.8 Å². The summed E-state index contributed by atoms with van der Waals surface area (Å²) >= 11 is 0. The molecule has 0 spiro atoms. The molecule has 0 radical (unpaired) electrons. The highest BCUT2D eigenvalue weighted by Crippen LogP contribution is 2.53. The summed E-state index contributed by atoms with van der Waals surface area (Å²) in [7, 11) is -4.02. The normalized spacial score (nSPS) is 13.6. The Morgan fingerprint density at radius 1 is 0.657 bits per heavy atom. The molecular weight excluding hydrogens is 494 g/mol. The van der Waals surface area contributed by atoms with E-state index in [0.29, 0.717) is 12.1 Å². The molecule has 0 aromatic heterocycles. The third kappa shape index (κ3) is 4.81. The first kappa shape index (κ1) is 26.7. The van der Waals surface area contributed by atoms with E-state index in [4.69, 9.17) is 0 Å². The lowest BCUT2D eigenvalue weighted by molar-refractivity contribution is -0.392. The van der Waals surface area contributed by atoms with Crippen LogP contribution >= 0.6 is 0 Å². The van der Waals surface area contributed by atoms with Gasteiger partial charge in [-0.25, -0.2) is 8.42 Å². The van der Waals surface area contributed by atoms with E-state index in [1.807, 2.05) is 0 Å². The van der Waals surface area contributed by atoms with Crippen LogP contribution in [0, 0.1) is 0 Å². The minimum Gasteiger partial charge on any atom is -0.349 e. The maximum absolute atomic E-state index is 14.1. The fraction of sp³-hybridized carbons (Fsp3) is 0.280. The average Bonchev–Trinajstić information content (AvgIpc) is 2.79. The van der Waals surface area contributed by atoms with Gasteiger partial charge in [0.05, 0.1) is 16.2 Å². The molecule has 3 nitrogen and oxygen atoms in total. The van der Waals surface area contributed by atoms with E-state index in [1.54, 1.807) is 12.1 Å². The molecule has 0 aliphatic heterocycles. The van der Waals surface area contributed by atoms with Crippen molar-refractivity contribution in [3.8, 4) is 0 Å². The standard InChI is InChI=1S/C25H22F6O3S/c1-22(2,35(32,33)21-11-7-4-8-12-21)19-13-15-20(16-14-19)23(24(26,27)28,25(29,30)31)34-17-18-9-5-3-6-10-18/h3-16H,17H2,1-2H3. The van der Waals surface area contributed by atoms with Gasteiger partial charge in [-0.2, -0.15) is 26.3 Å². The Kier molecular flexibility index (Phi) is 7.12. The molecule has 0 aliphatic rings. The van der Waals surface area contributed by atoms with Crippen molar-refractivity contribution in [3.05, 3.63) is 102 Å². The molecule has 0 atom stereocenters. The van der Waals surface area contributed by atoms with E-state index in [1.165, 1.54) is 62.4 Å². The van der Waals surface area contributed by atoms with Crippen molar-refractivity contribution in [2.24, 2.45) is 0 Å². The summed E-state index contributed by atoms with van der Waals surface area (Å²) in [5, 5.41) is 0. The topological polar surface area (TPSA) is 43.4 Å². The molecular formula is C25H22F6O3S. The third-order valence-corrected chi connectivity index (χ3v) is 8.28. The number of rotatable bonds is 7. The Bertz CT molecular complexity index is 1220. The van der Waals surface area contributed by atoms with Gasteiger partial charge in [0.15, 0.2) is 9.84 Å². The predicted octanol–water partition coefficient (Wildman–Crippen LogP) is 6.93. The van der Waals surface area contributed by atoms with Gasteiger partial charge in [-0.05, 0) is 37.1 Å². The summed E-state index contributed by atoms with van der Waals surface area (Å²) in [6.07, 6.45) is -11.7. The zero-order valence-corrected chi connectivity index (χ0v) is 19.5. The van der Waals surface area contributed by atoms with Crippen LogP contribution in [0.25, 0.3) is 0 Å². The predicted molar refractivity (Wildman–Crippen MR) is 118 cm³/mol. The minimum absolute atomic E-state index is 0.0198. The molecule has 0 heterocycles. The second-order valence-electron chi connectivity index (χ2n) is 8.36. The van der Waals surface area contributed by atoms with Crippen LogP contribution in [0.3, 0.4) is 0 Å². The van der Waals surface area contributed by atoms with Crippen molar-refractivity contribution in [1.29, 1.82) is 0 Å². The molecule has 188 valence electrons. The lowest BCUT2D eigenvalue weighted by atomic mass is 9.89. The Balaban J connectivity index is 2.07. The summed E-state index contributed by atoms with van der Waals surface area (Å²) in [6.45, 7) is 1.71. The van der Waals surface area contributed by atoms with Gasteiger partial charge in [-0.1, -0.05) is 72.8 Å². The summed E-state index contributed by atoms with van der Waals surface area (Å²) in [6, 6.07) is 17.7. The summed E-state index contributed by atoms with van der Waals surface area (Å²) in [5.74, 6) is 0. The van der Waals surface area contributed by atoms with Crippen molar-refractivity contribution in [3.63, 3.8) is 0 Å². The van der Waals surface area contributed by atoms with Gasteiger partial charge in [-0.15, -0.1) is 0 Å². The first-order chi connectivity index (χ1) is 16.1. The molecule has 0 saturated heterocycles. The number of sulfone groups is 1. The Labute approximate surface area is 199 Å². The quantitative estimate of drug-likeness (QED) is 0.320. The van der Waals surface area contributed by atoms with Crippen molar-refractivity contribution in [1.82, 2.24) is 0 Å². The SMILES string of the molecule is CC(C)(c1ccc(C(OCc2ccccc2)(C(F)(F)F)C(F)(F)F)cc1)S(=O)(=O)c1ccccc1. The molecule has 0 aliphatic carbocycles. The summed E-state index contributed by atoms with van der Waals surface area (Å²) < 4.78 is 114. The molecule has 3 rings (SSSR count). The lowest BCUT2D eigenvalue weighted by Crippen LogP contribution is -2.55. The number of hydrogen-bond donors (Lipinski definition) is 0. The van der Waals surface area contributed by atoms with Crippen LogP contribution in [-0.2, 0) is 31.5 Å². The van der Waals surface area contributed by atoms with Crippen LogP contribution in [0.5, 0.6) is 0 Å². The van der Waals surface area contributed by atoms with E-state index in [-0.39, 0.29) is 16.0 Å². The smallest absolute Gasteiger partial charge is 0.349 e. The number of alkyl halides is 6. The highest BCUT2D eigenvalue weighted by Gasteiger charge is 2.73. The fourth-order valence-corrected chi connectivity index (χ4v) is 5.21. The lowest BCUT2D eigenvalue weighted by Gasteiger charge is -2.37. The first-order valence-corrected chi connectivity index (χ1v) is 11.8. The average molecular weight is 517 g/mol. The van der Waals surface area contributed by atoms with E-state index < -0.39 is 44.7 Å². The highest BCUT2D eigenvalue weighted by molar-refractivity contribution is 7.92. The number of halogens is 6. The van der Waals surface area contributed by atoms with Crippen LogP contribution in [0.1, 0.15) is 30.5 Å². The Morgan fingerprint density at radius 2 is 1.09 bits per heavy atom. The van der Waals surface area contributed by atoms with Crippen molar-refractivity contribution in [2.45, 2.75) is 48.1 Å². The van der Waals surface area contributed by atoms with Crippen molar-refractivity contribution >= 4 is 9.84 Å². The number of hydrogen-bond acceptors (Lipinski definition) is 3. The first-order valence-electron chi connectivity index (χ1n) is 10.4. The van der Waals surface area contributed by atoms with E-state index in [9.17, 15) is 34.8 Å². The summed E-state index contributed by atoms with van der Waals surface area (Å²) in [5.41, 5.74) is -5.68. The maximum Gasteiger partial charge on any atom is 0.430 e.